The number of carbonyl (C=O) groups excluding carboxylic acids is 1. The molecule has 0 saturated carbocycles. The molecule has 1 atom stereocenters. The molecule has 1 saturated heterocycles. The molecule has 1 fully saturated rings. The molecule has 1 amide bonds. The third kappa shape index (κ3) is 3.80. The summed E-state index contributed by atoms with van der Waals surface area (Å²) in [6, 6.07) is 2.81. The average molecular weight is 308 g/mol. The largest absolute Gasteiger partial charge is 0.477 e. The predicted molar refractivity (Wildman–Crippen MR) is 77.9 cm³/mol. The maximum atomic E-state index is 12.6. The number of ether oxygens (including phenoxy) is 2. The summed E-state index contributed by atoms with van der Waals surface area (Å²) < 4.78 is 11.0. The molecule has 1 unspecified atom stereocenters. The lowest BCUT2D eigenvalue weighted by atomic mass is 10.0. The van der Waals surface area contributed by atoms with Gasteiger partial charge in [0.1, 0.15) is 5.69 Å². The molecule has 0 aromatic carbocycles. The van der Waals surface area contributed by atoms with E-state index in [2.05, 4.69) is 4.98 Å². The van der Waals surface area contributed by atoms with Crippen LogP contribution in [0.5, 0.6) is 0 Å². The molecule has 120 valence electrons. The van der Waals surface area contributed by atoms with E-state index in [0.29, 0.717) is 25.3 Å². The minimum absolute atomic E-state index is 0.146. The zero-order valence-electron chi connectivity index (χ0n) is 12.9. The zero-order valence-corrected chi connectivity index (χ0v) is 12.9. The predicted octanol–water partition coefficient (Wildman–Crippen LogP) is 1.05. The van der Waals surface area contributed by atoms with Gasteiger partial charge < -0.3 is 19.5 Å². The van der Waals surface area contributed by atoms with Crippen LogP contribution in [0.1, 0.15) is 34.7 Å². The van der Waals surface area contributed by atoms with Crippen molar-refractivity contribution in [2.45, 2.75) is 25.6 Å². The molecule has 1 aromatic rings. The van der Waals surface area contributed by atoms with E-state index in [1.807, 2.05) is 13.8 Å². The van der Waals surface area contributed by atoms with Crippen LogP contribution in [0.15, 0.2) is 18.3 Å². The first-order valence-electron chi connectivity index (χ1n) is 6.98. The Morgan fingerprint density at radius 3 is 2.91 bits per heavy atom. The maximum Gasteiger partial charge on any atom is 0.354 e. The quantitative estimate of drug-likeness (QED) is 0.894. The van der Waals surface area contributed by atoms with E-state index >= 15 is 0 Å². The van der Waals surface area contributed by atoms with E-state index in [9.17, 15) is 9.59 Å². The number of carboxylic acid groups (broad SMARTS) is 1. The molecule has 2 rings (SSSR count). The van der Waals surface area contributed by atoms with Crippen LogP contribution in [0.2, 0.25) is 0 Å². The normalized spacial score (nSPS) is 20.7. The Labute approximate surface area is 128 Å². The summed E-state index contributed by atoms with van der Waals surface area (Å²) >= 11 is 0. The van der Waals surface area contributed by atoms with Gasteiger partial charge in [-0.1, -0.05) is 0 Å². The minimum atomic E-state index is -1.16. The highest BCUT2D eigenvalue weighted by molar-refractivity contribution is 5.96. The van der Waals surface area contributed by atoms with Gasteiger partial charge in [0.2, 0.25) is 0 Å². The Hall–Kier alpha value is -1.99. The van der Waals surface area contributed by atoms with Crippen molar-refractivity contribution in [3.05, 3.63) is 29.6 Å². The zero-order chi connectivity index (χ0) is 16.3. The van der Waals surface area contributed by atoms with Crippen molar-refractivity contribution in [1.82, 2.24) is 9.88 Å². The molecule has 0 bridgehead atoms. The number of aromatic carboxylic acids is 1. The van der Waals surface area contributed by atoms with Crippen molar-refractivity contribution in [3.63, 3.8) is 0 Å². The lowest BCUT2D eigenvalue weighted by Gasteiger charge is -2.42. The number of aromatic nitrogens is 1. The highest BCUT2D eigenvalue weighted by Gasteiger charge is 2.36. The highest BCUT2D eigenvalue weighted by Crippen LogP contribution is 2.22. The first-order valence-corrected chi connectivity index (χ1v) is 6.98. The summed E-state index contributed by atoms with van der Waals surface area (Å²) in [5.41, 5.74) is -0.326. The number of methoxy groups -OCH3 is 1. The maximum absolute atomic E-state index is 12.6. The Morgan fingerprint density at radius 1 is 1.55 bits per heavy atom. The van der Waals surface area contributed by atoms with Crippen LogP contribution in [-0.4, -0.2) is 65.4 Å². The van der Waals surface area contributed by atoms with Gasteiger partial charge in [-0.3, -0.25) is 4.79 Å². The van der Waals surface area contributed by atoms with Crippen LogP contribution in [0.4, 0.5) is 0 Å². The van der Waals surface area contributed by atoms with E-state index in [1.54, 1.807) is 12.0 Å². The summed E-state index contributed by atoms with van der Waals surface area (Å²) in [5, 5.41) is 8.97. The topological polar surface area (TPSA) is 89.0 Å². The van der Waals surface area contributed by atoms with Crippen LogP contribution >= 0.6 is 0 Å². The number of carboxylic acids is 1. The average Bonchev–Trinajstić information content (AvgIpc) is 2.45. The molecular formula is C15H20N2O5. The number of hydrogen-bond donors (Lipinski definition) is 1. The summed E-state index contributed by atoms with van der Waals surface area (Å²) in [7, 11) is 1.58. The lowest BCUT2D eigenvalue weighted by molar-refractivity contribution is -0.143. The van der Waals surface area contributed by atoms with Crippen molar-refractivity contribution >= 4 is 11.9 Å². The summed E-state index contributed by atoms with van der Waals surface area (Å²) in [5.74, 6) is -1.39. The summed E-state index contributed by atoms with van der Waals surface area (Å²) in [6.07, 6.45) is 1.12. The molecule has 0 spiro atoms. The second kappa shape index (κ2) is 6.41. The molecule has 7 nitrogen and oxygen atoms in total. The SMILES string of the molecule is COCC1CN(C(=O)c2ccnc(C(=O)O)c2)CC(C)(C)O1. The second-order valence-electron chi connectivity index (χ2n) is 5.88. The fourth-order valence-corrected chi connectivity index (χ4v) is 2.59. The molecule has 1 aliphatic rings. The number of nitrogens with zero attached hydrogens (tertiary/aromatic N) is 2. The molecule has 1 aliphatic heterocycles. The van der Waals surface area contributed by atoms with Crippen LogP contribution in [0, 0.1) is 0 Å². The highest BCUT2D eigenvalue weighted by atomic mass is 16.5. The van der Waals surface area contributed by atoms with Crippen molar-refractivity contribution in [1.29, 1.82) is 0 Å². The van der Waals surface area contributed by atoms with Crippen LogP contribution in [0.25, 0.3) is 0 Å². The summed E-state index contributed by atoms with van der Waals surface area (Å²) in [6.45, 7) is 5.04. The smallest absolute Gasteiger partial charge is 0.354 e. The van der Waals surface area contributed by atoms with E-state index in [0.717, 1.165) is 0 Å². The Morgan fingerprint density at radius 2 is 2.27 bits per heavy atom. The van der Waals surface area contributed by atoms with Crippen LogP contribution in [0.3, 0.4) is 0 Å². The van der Waals surface area contributed by atoms with Gasteiger partial charge >= 0.3 is 5.97 Å². The van der Waals surface area contributed by atoms with Gasteiger partial charge in [-0.2, -0.15) is 0 Å². The number of hydrogen-bond acceptors (Lipinski definition) is 5. The van der Waals surface area contributed by atoms with E-state index in [-0.39, 0.29) is 17.7 Å². The van der Waals surface area contributed by atoms with Crippen LogP contribution < -0.4 is 0 Å². The number of carbonyl (C=O) groups is 2. The molecular weight excluding hydrogens is 288 g/mol. The van der Waals surface area contributed by atoms with E-state index in [1.165, 1.54) is 18.3 Å². The van der Waals surface area contributed by atoms with Crippen molar-refractivity contribution in [2.75, 3.05) is 26.8 Å². The van der Waals surface area contributed by atoms with Crippen molar-refractivity contribution in [3.8, 4) is 0 Å². The van der Waals surface area contributed by atoms with Gasteiger partial charge in [0.15, 0.2) is 0 Å². The van der Waals surface area contributed by atoms with E-state index in [4.69, 9.17) is 14.6 Å². The Bertz CT molecular complexity index is 573. The monoisotopic (exact) mass is 308 g/mol. The molecule has 0 radical (unpaired) electrons. The first kappa shape index (κ1) is 16.4. The number of pyridine rings is 1. The van der Waals surface area contributed by atoms with Gasteiger partial charge in [0.05, 0.1) is 18.3 Å². The fourth-order valence-electron chi connectivity index (χ4n) is 2.59. The number of amides is 1. The molecule has 22 heavy (non-hydrogen) atoms. The van der Waals surface area contributed by atoms with Gasteiger partial charge in [0.25, 0.3) is 5.91 Å². The van der Waals surface area contributed by atoms with Gasteiger partial charge in [0, 0.05) is 32.0 Å². The van der Waals surface area contributed by atoms with Gasteiger partial charge in [-0.25, -0.2) is 9.78 Å². The number of morpholine rings is 1. The van der Waals surface area contributed by atoms with Crippen molar-refractivity contribution < 1.29 is 24.2 Å². The van der Waals surface area contributed by atoms with Crippen molar-refractivity contribution in [2.24, 2.45) is 0 Å². The summed E-state index contributed by atoms with van der Waals surface area (Å²) in [4.78, 5) is 29.0. The number of rotatable bonds is 4. The van der Waals surface area contributed by atoms with Crippen LogP contribution in [-0.2, 0) is 9.47 Å². The molecule has 7 heteroatoms. The molecule has 2 heterocycles. The van der Waals surface area contributed by atoms with E-state index < -0.39 is 11.6 Å². The Balaban J connectivity index is 2.20. The molecule has 0 aliphatic carbocycles. The lowest BCUT2D eigenvalue weighted by Crippen LogP contribution is -2.55. The Kier molecular flexibility index (Phi) is 4.77. The molecule has 1 aromatic heterocycles. The van der Waals surface area contributed by atoms with Gasteiger partial charge in [-0.15, -0.1) is 0 Å². The fraction of sp³-hybridized carbons (Fsp3) is 0.533. The second-order valence-corrected chi connectivity index (χ2v) is 5.88. The third-order valence-corrected chi connectivity index (χ3v) is 3.35. The molecule has 1 N–H and O–H groups in total. The minimum Gasteiger partial charge on any atom is -0.477 e. The first-order chi connectivity index (χ1) is 10.3. The third-order valence-electron chi connectivity index (χ3n) is 3.35. The van der Waals surface area contributed by atoms with Gasteiger partial charge in [-0.05, 0) is 26.0 Å². The standard InChI is InChI=1S/C15H20N2O5/c1-15(2)9-17(7-11(22-15)8-21-3)13(18)10-4-5-16-12(6-10)14(19)20/h4-6,11H,7-9H2,1-3H3,(H,19,20).